The summed E-state index contributed by atoms with van der Waals surface area (Å²) in [6.45, 7) is 8.69. The molecule has 0 aliphatic rings. The zero-order chi connectivity index (χ0) is 19.9. The highest BCUT2D eigenvalue weighted by molar-refractivity contribution is 7.43. The van der Waals surface area contributed by atoms with Gasteiger partial charge >= 0.3 is 8.60 Å². The number of benzene rings is 3. The summed E-state index contributed by atoms with van der Waals surface area (Å²) in [5.74, 6) is 3.13. The first kappa shape index (κ1) is 20.2. The molecular formula is C24H27O3P. The van der Waals surface area contributed by atoms with Gasteiger partial charge in [-0.15, -0.1) is 0 Å². The van der Waals surface area contributed by atoms with Crippen LogP contribution < -0.4 is 13.6 Å². The van der Waals surface area contributed by atoms with E-state index in [1.807, 2.05) is 54.6 Å². The number of para-hydroxylation sites is 1. The van der Waals surface area contributed by atoms with E-state index in [4.69, 9.17) is 13.6 Å². The molecule has 0 aromatic heterocycles. The van der Waals surface area contributed by atoms with Crippen LogP contribution in [0.1, 0.15) is 50.7 Å². The van der Waals surface area contributed by atoms with Crippen molar-refractivity contribution in [3.8, 4) is 17.2 Å². The lowest BCUT2D eigenvalue weighted by Crippen LogP contribution is -2.02. The van der Waals surface area contributed by atoms with E-state index < -0.39 is 8.60 Å². The molecule has 0 N–H and O–H groups in total. The van der Waals surface area contributed by atoms with Gasteiger partial charge in [-0.05, 0) is 59.4 Å². The van der Waals surface area contributed by atoms with Crippen molar-refractivity contribution in [2.24, 2.45) is 0 Å². The predicted octanol–water partition coefficient (Wildman–Crippen LogP) is 7.70. The molecule has 4 heteroatoms. The molecule has 0 heterocycles. The summed E-state index contributed by atoms with van der Waals surface area (Å²) in [5.41, 5.74) is 2.54. The molecule has 0 fully saturated rings. The van der Waals surface area contributed by atoms with Crippen LogP contribution in [0.4, 0.5) is 0 Å². The molecule has 0 saturated carbocycles. The molecule has 0 aliphatic carbocycles. The van der Waals surface area contributed by atoms with Crippen LogP contribution >= 0.6 is 8.60 Å². The minimum Gasteiger partial charge on any atom is -0.409 e. The Bertz CT molecular complexity index is 790. The van der Waals surface area contributed by atoms with Gasteiger partial charge in [-0.3, -0.25) is 0 Å². The minimum absolute atomic E-state index is 0.479. The standard InChI is InChI=1S/C24H27O3P/c1-18(2)20-10-14-23(15-11-20)26-28(25-22-8-6-5-7-9-22)27-24-16-12-21(13-17-24)19(3)4/h5-19H,1-4H3. The van der Waals surface area contributed by atoms with Crippen molar-refractivity contribution in [1.82, 2.24) is 0 Å². The van der Waals surface area contributed by atoms with Crippen molar-refractivity contribution in [2.75, 3.05) is 0 Å². The Morgan fingerprint density at radius 2 is 0.857 bits per heavy atom. The summed E-state index contributed by atoms with van der Waals surface area (Å²) in [6, 6.07) is 25.8. The second-order valence-corrected chi connectivity index (χ2v) is 8.25. The van der Waals surface area contributed by atoms with Gasteiger partial charge in [-0.25, -0.2) is 0 Å². The van der Waals surface area contributed by atoms with Gasteiger partial charge < -0.3 is 13.6 Å². The largest absolute Gasteiger partial charge is 0.530 e. The first-order valence-electron chi connectivity index (χ1n) is 9.60. The maximum absolute atomic E-state index is 6.06. The lowest BCUT2D eigenvalue weighted by Gasteiger charge is -2.18. The van der Waals surface area contributed by atoms with E-state index in [1.165, 1.54) is 11.1 Å². The third-order valence-electron chi connectivity index (χ3n) is 4.38. The van der Waals surface area contributed by atoms with Crippen molar-refractivity contribution < 1.29 is 13.6 Å². The lowest BCUT2D eigenvalue weighted by molar-refractivity contribution is 0.388. The third-order valence-corrected chi connectivity index (χ3v) is 5.46. The first-order chi connectivity index (χ1) is 13.5. The van der Waals surface area contributed by atoms with E-state index in [0.717, 1.165) is 11.5 Å². The van der Waals surface area contributed by atoms with Gasteiger partial charge in [0.15, 0.2) is 0 Å². The maximum Gasteiger partial charge on any atom is 0.530 e. The Morgan fingerprint density at radius 1 is 0.500 bits per heavy atom. The number of rotatable bonds is 8. The van der Waals surface area contributed by atoms with E-state index in [-0.39, 0.29) is 0 Å². The van der Waals surface area contributed by atoms with Crippen LogP contribution in [0.2, 0.25) is 0 Å². The summed E-state index contributed by atoms with van der Waals surface area (Å²) in [5, 5.41) is 0. The van der Waals surface area contributed by atoms with Gasteiger partial charge in [0.25, 0.3) is 0 Å². The highest BCUT2D eigenvalue weighted by Crippen LogP contribution is 2.42. The van der Waals surface area contributed by atoms with Gasteiger partial charge in [0, 0.05) is 0 Å². The maximum atomic E-state index is 6.06. The normalized spacial score (nSPS) is 11.1. The van der Waals surface area contributed by atoms with Crippen LogP contribution in [0.15, 0.2) is 78.9 Å². The van der Waals surface area contributed by atoms with Gasteiger partial charge in [0.2, 0.25) is 0 Å². The Kier molecular flexibility index (Phi) is 6.95. The summed E-state index contributed by atoms with van der Waals surface area (Å²) in [7, 11) is -1.64. The van der Waals surface area contributed by atoms with E-state index >= 15 is 0 Å². The Labute approximate surface area is 169 Å². The average Bonchev–Trinajstić information content (AvgIpc) is 2.69. The molecule has 146 valence electrons. The summed E-state index contributed by atoms with van der Waals surface area (Å²) in [4.78, 5) is 0. The predicted molar refractivity (Wildman–Crippen MR) is 116 cm³/mol. The van der Waals surface area contributed by atoms with Gasteiger partial charge in [0.05, 0.1) is 0 Å². The van der Waals surface area contributed by atoms with E-state index in [0.29, 0.717) is 17.6 Å². The second-order valence-electron chi connectivity index (χ2n) is 7.26. The van der Waals surface area contributed by atoms with E-state index in [9.17, 15) is 0 Å². The molecule has 0 radical (unpaired) electrons. The minimum atomic E-state index is -1.64. The summed E-state index contributed by atoms with van der Waals surface area (Å²) in [6.07, 6.45) is 0. The van der Waals surface area contributed by atoms with Crippen LogP contribution in [0.3, 0.4) is 0 Å². The quantitative estimate of drug-likeness (QED) is 0.366. The smallest absolute Gasteiger partial charge is 0.409 e. The fourth-order valence-corrected chi connectivity index (χ4v) is 3.62. The highest BCUT2D eigenvalue weighted by Gasteiger charge is 2.20. The van der Waals surface area contributed by atoms with Crippen LogP contribution in [-0.4, -0.2) is 0 Å². The molecule has 3 aromatic carbocycles. The zero-order valence-electron chi connectivity index (χ0n) is 16.8. The van der Waals surface area contributed by atoms with Crippen molar-refractivity contribution in [3.05, 3.63) is 90.0 Å². The molecule has 0 saturated heterocycles. The van der Waals surface area contributed by atoms with Crippen LogP contribution in [0, 0.1) is 0 Å². The number of hydrogen-bond acceptors (Lipinski definition) is 3. The Morgan fingerprint density at radius 3 is 1.21 bits per heavy atom. The van der Waals surface area contributed by atoms with Crippen molar-refractivity contribution >= 4 is 8.60 Å². The summed E-state index contributed by atoms with van der Waals surface area (Å²) >= 11 is 0. The lowest BCUT2D eigenvalue weighted by atomic mass is 10.0. The highest BCUT2D eigenvalue weighted by atomic mass is 31.2. The van der Waals surface area contributed by atoms with Crippen molar-refractivity contribution in [3.63, 3.8) is 0 Å². The average molecular weight is 394 g/mol. The molecule has 28 heavy (non-hydrogen) atoms. The molecule has 0 bridgehead atoms. The van der Waals surface area contributed by atoms with E-state index in [1.54, 1.807) is 0 Å². The van der Waals surface area contributed by atoms with Gasteiger partial charge in [-0.1, -0.05) is 70.2 Å². The topological polar surface area (TPSA) is 27.7 Å². The third kappa shape index (κ3) is 5.74. The Balaban J connectivity index is 1.76. The fourth-order valence-electron chi connectivity index (χ4n) is 2.62. The van der Waals surface area contributed by atoms with Gasteiger partial charge in [0.1, 0.15) is 17.2 Å². The first-order valence-corrected chi connectivity index (χ1v) is 10.7. The molecule has 3 nitrogen and oxygen atoms in total. The molecule has 0 unspecified atom stereocenters. The van der Waals surface area contributed by atoms with Crippen LogP contribution in [0.25, 0.3) is 0 Å². The zero-order valence-corrected chi connectivity index (χ0v) is 17.7. The summed E-state index contributed by atoms with van der Waals surface area (Å²) < 4.78 is 18.1. The Hall–Kier alpha value is -2.51. The van der Waals surface area contributed by atoms with Crippen LogP contribution in [-0.2, 0) is 0 Å². The monoisotopic (exact) mass is 394 g/mol. The molecule has 0 spiro atoms. The fraction of sp³-hybridized carbons (Fsp3) is 0.250. The molecule has 0 atom stereocenters. The molecular weight excluding hydrogens is 367 g/mol. The van der Waals surface area contributed by atoms with Crippen LogP contribution in [0.5, 0.6) is 17.2 Å². The van der Waals surface area contributed by atoms with Crippen molar-refractivity contribution in [2.45, 2.75) is 39.5 Å². The number of hydrogen-bond donors (Lipinski definition) is 0. The SMILES string of the molecule is CC(C)c1ccc(OP(Oc2ccccc2)Oc2ccc(C(C)C)cc2)cc1. The van der Waals surface area contributed by atoms with Gasteiger partial charge in [-0.2, -0.15) is 0 Å². The molecule has 0 aliphatic heterocycles. The van der Waals surface area contributed by atoms with Crippen molar-refractivity contribution in [1.29, 1.82) is 0 Å². The second kappa shape index (κ2) is 9.61. The molecule has 3 aromatic rings. The molecule has 0 amide bonds. The van der Waals surface area contributed by atoms with E-state index in [2.05, 4.69) is 52.0 Å². The molecule has 3 rings (SSSR count).